The number of nitrogens with zero attached hydrogens (tertiary/aromatic N) is 2. The van der Waals surface area contributed by atoms with Crippen molar-refractivity contribution in [1.82, 2.24) is 9.78 Å². The molecule has 1 N–H and O–H groups in total. The van der Waals surface area contributed by atoms with E-state index in [-0.39, 0.29) is 34.9 Å². The number of rotatable bonds is 5. The molecule has 3 aromatic rings. The van der Waals surface area contributed by atoms with Crippen LogP contribution in [0.2, 0.25) is 0 Å². The lowest BCUT2D eigenvalue weighted by Crippen LogP contribution is -2.35. The predicted octanol–water partition coefficient (Wildman–Crippen LogP) is 5.91. The number of hydrogen-bond acceptors (Lipinski definition) is 5. The van der Waals surface area contributed by atoms with Gasteiger partial charge in [-0.1, -0.05) is 42.1 Å². The summed E-state index contributed by atoms with van der Waals surface area (Å²) in [5, 5.41) is 3.70. The lowest BCUT2D eigenvalue weighted by molar-refractivity contribution is -0.0705. The second-order valence-electron chi connectivity index (χ2n) is 9.39. The predicted molar refractivity (Wildman–Crippen MR) is 133 cm³/mol. The highest BCUT2D eigenvalue weighted by atomic mass is 32.2. The van der Waals surface area contributed by atoms with Crippen LogP contribution in [-0.2, 0) is 11.3 Å². The van der Waals surface area contributed by atoms with Gasteiger partial charge in [0.1, 0.15) is 18.2 Å². The molecule has 0 radical (unpaired) electrons. The number of H-pyrrole nitrogens is 1. The Hall–Kier alpha value is -2.84. The molecule has 2 aromatic carbocycles. The van der Waals surface area contributed by atoms with Crippen LogP contribution in [0.4, 0.5) is 10.2 Å². The average molecular weight is 482 g/mol. The number of halogens is 1. The van der Waals surface area contributed by atoms with Crippen molar-refractivity contribution < 1.29 is 13.9 Å². The summed E-state index contributed by atoms with van der Waals surface area (Å²) in [5.41, 5.74) is 1.90. The standard InChI is InChI=1S/C26H28FN3O3S/c1-16-28-24-22(25(31)29-30(24)19-11-12-33-26(2,3)14-19)23(34-16)20-9-4-5-10-21(20)32-15-17-7-6-8-18(27)13-17/h4-10,13,19,23H,11-12,14-15H2,1-3H3,(H,29,31). The van der Waals surface area contributed by atoms with Gasteiger partial charge in [-0.25, -0.2) is 9.38 Å². The third-order valence-corrected chi connectivity index (χ3v) is 7.43. The van der Waals surface area contributed by atoms with Crippen molar-refractivity contribution in [2.45, 2.75) is 57.1 Å². The van der Waals surface area contributed by atoms with Crippen LogP contribution in [0.25, 0.3) is 0 Å². The zero-order chi connectivity index (χ0) is 23.9. The van der Waals surface area contributed by atoms with Crippen LogP contribution in [0.5, 0.6) is 5.75 Å². The zero-order valence-corrected chi connectivity index (χ0v) is 20.3. The average Bonchev–Trinajstić information content (AvgIpc) is 3.13. The molecule has 6 nitrogen and oxygen atoms in total. The highest BCUT2D eigenvalue weighted by molar-refractivity contribution is 8.14. The molecule has 178 valence electrons. The molecule has 1 saturated heterocycles. The van der Waals surface area contributed by atoms with Crippen LogP contribution in [0, 0.1) is 5.82 Å². The van der Waals surface area contributed by atoms with Crippen molar-refractivity contribution in [3.8, 4) is 5.75 Å². The van der Waals surface area contributed by atoms with E-state index in [1.807, 2.05) is 41.9 Å². The molecule has 3 heterocycles. The first-order chi connectivity index (χ1) is 16.3. The Morgan fingerprint density at radius 3 is 2.88 bits per heavy atom. The molecular weight excluding hydrogens is 453 g/mol. The fourth-order valence-electron chi connectivity index (χ4n) is 4.73. The molecule has 5 rings (SSSR count). The van der Waals surface area contributed by atoms with E-state index in [4.69, 9.17) is 14.5 Å². The summed E-state index contributed by atoms with van der Waals surface area (Å²) in [5.74, 6) is 1.07. The number of fused-ring (bicyclic) bond motifs is 1. The first-order valence-electron chi connectivity index (χ1n) is 11.5. The Kier molecular flexibility index (Phi) is 6.12. The maximum Gasteiger partial charge on any atom is 0.271 e. The fraction of sp³-hybridized carbons (Fsp3) is 0.385. The van der Waals surface area contributed by atoms with Gasteiger partial charge >= 0.3 is 0 Å². The third kappa shape index (κ3) is 4.57. The van der Waals surface area contributed by atoms with Gasteiger partial charge in [0.05, 0.1) is 27.5 Å². The molecule has 1 aromatic heterocycles. The zero-order valence-electron chi connectivity index (χ0n) is 19.5. The lowest BCUT2D eigenvalue weighted by Gasteiger charge is -2.36. The monoisotopic (exact) mass is 481 g/mol. The van der Waals surface area contributed by atoms with Crippen LogP contribution < -0.4 is 10.3 Å². The van der Waals surface area contributed by atoms with Gasteiger partial charge in [0, 0.05) is 12.2 Å². The molecule has 2 atom stereocenters. The molecule has 0 saturated carbocycles. The van der Waals surface area contributed by atoms with Gasteiger partial charge in [-0.15, -0.1) is 0 Å². The molecule has 1 fully saturated rings. The van der Waals surface area contributed by atoms with E-state index in [9.17, 15) is 9.18 Å². The van der Waals surface area contributed by atoms with Crippen molar-refractivity contribution in [1.29, 1.82) is 0 Å². The van der Waals surface area contributed by atoms with Crippen molar-refractivity contribution >= 4 is 22.6 Å². The molecule has 34 heavy (non-hydrogen) atoms. The molecular formula is C26H28FN3O3S. The lowest BCUT2D eigenvalue weighted by atomic mass is 9.94. The Labute approximate surface area is 202 Å². The van der Waals surface area contributed by atoms with E-state index in [1.165, 1.54) is 12.1 Å². The number of aromatic amines is 1. The number of aliphatic imine (C=N–C) groups is 1. The van der Waals surface area contributed by atoms with E-state index in [0.717, 1.165) is 29.0 Å². The summed E-state index contributed by atoms with van der Waals surface area (Å²) >= 11 is 1.55. The van der Waals surface area contributed by atoms with E-state index in [1.54, 1.807) is 17.8 Å². The maximum atomic E-state index is 13.6. The molecule has 8 heteroatoms. The van der Waals surface area contributed by atoms with Gasteiger partial charge in [-0.3, -0.25) is 14.6 Å². The Bertz CT molecular complexity index is 1300. The Balaban J connectivity index is 1.50. The van der Waals surface area contributed by atoms with E-state index >= 15 is 0 Å². The first kappa shape index (κ1) is 22.9. The molecule has 0 amide bonds. The van der Waals surface area contributed by atoms with Crippen molar-refractivity contribution in [2.75, 3.05) is 6.61 Å². The number of ether oxygens (including phenoxy) is 2. The van der Waals surface area contributed by atoms with Crippen molar-refractivity contribution in [3.05, 3.63) is 81.4 Å². The molecule has 2 aliphatic heterocycles. The minimum absolute atomic E-state index is 0.111. The van der Waals surface area contributed by atoms with Gasteiger partial charge in [-0.2, -0.15) is 0 Å². The van der Waals surface area contributed by atoms with Crippen LogP contribution in [0.1, 0.15) is 61.6 Å². The van der Waals surface area contributed by atoms with Gasteiger partial charge in [0.25, 0.3) is 5.56 Å². The molecule has 0 spiro atoms. The van der Waals surface area contributed by atoms with E-state index in [0.29, 0.717) is 23.7 Å². The quantitative estimate of drug-likeness (QED) is 0.492. The Morgan fingerprint density at radius 2 is 2.09 bits per heavy atom. The van der Waals surface area contributed by atoms with Gasteiger partial charge in [0.2, 0.25) is 0 Å². The van der Waals surface area contributed by atoms with E-state index in [2.05, 4.69) is 18.9 Å². The normalized spacial score (nSPS) is 21.6. The molecule has 2 aliphatic rings. The second kappa shape index (κ2) is 9.07. The third-order valence-electron chi connectivity index (χ3n) is 6.27. The first-order valence-corrected chi connectivity index (χ1v) is 12.4. The van der Waals surface area contributed by atoms with Gasteiger partial charge in [0.15, 0.2) is 5.82 Å². The molecule has 0 aliphatic carbocycles. The summed E-state index contributed by atoms with van der Waals surface area (Å²) in [6.45, 7) is 7.00. The minimum Gasteiger partial charge on any atom is -0.489 e. The summed E-state index contributed by atoms with van der Waals surface area (Å²) in [4.78, 5) is 18.0. The number of benzene rings is 2. The van der Waals surface area contributed by atoms with Crippen molar-refractivity contribution in [3.63, 3.8) is 0 Å². The SMILES string of the molecule is CC1=Nc2c(c(=O)[nH]n2C2CCOC(C)(C)C2)C(c2ccccc2OCc2cccc(F)c2)S1. The summed E-state index contributed by atoms with van der Waals surface area (Å²) in [6, 6.07) is 14.2. The highest BCUT2D eigenvalue weighted by Crippen LogP contribution is 2.47. The highest BCUT2D eigenvalue weighted by Gasteiger charge is 2.36. The van der Waals surface area contributed by atoms with E-state index < -0.39 is 0 Å². The smallest absolute Gasteiger partial charge is 0.271 e. The number of hydrogen-bond donors (Lipinski definition) is 1. The van der Waals surface area contributed by atoms with Crippen LogP contribution >= 0.6 is 11.8 Å². The second-order valence-corrected chi connectivity index (χ2v) is 10.7. The summed E-state index contributed by atoms with van der Waals surface area (Å²) in [7, 11) is 0. The number of aromatic nitrogens is 2. The van der Waals surface area contributed by atoms with Gasteiger partial charge < -0.3 is 9.47 Å². The van der Waals surface area contributed by atoms with Crippen LogP contribution in [0.3, 0.4) is 0 Å². The fourth-order valence-corrected chi connectivity index (χ4v) is 5.86. The topological polar surface area (TPSA) is 68.6 Å². The van der Waals surface area contributed by atoms with Crippen molar-refractivity contribution in [2.24, 2.45) is 4.99 Å². The van der Waals surface area contributed by atoms with Gasteiger partial charge in [-0.05, 0) is 57.4 Å². The maximum absolute atomic E-state index is 13.6. The van der Waals surface area contributed by atoms with Crippen LogP contribution in [-0.4, -0.2) is 27.0 Å². The summed E-state index contributed by atoms with van der Waals surface area (Å²) < 4.78 is 27.5. The molecule has 0 bridgehead atoms. The Morgan fingerprint density at radius 1 is 1.26 bits per heavy atom. The minimum atomic E-state index is -0.294. The number of para-hydroxylation sites is 1. The van der Waals surface area contributed by atoms with Crippen LogP contribution in [0.15, 0.2) is 58.3 Å². The summed E-state index contributed by atoms with van der Waals surface area (Å²) in [6.07, 6.45) is 1.62. The number of thioether (sulfide) groups is 1. The molecule has 2 unspecified atom stereocenters. The number of nitrogens with one attached hydrogen (secondary N) is 1. The largest absolute Gasteiger partial charge is 0.489 e.